The van der Waals surface area contributed by atoms with Gasteiger partial charge in [-0.05, 0) is 122 Å². The number of amides is 3. The van der Waals surface area contributed by atoms with Gasteiger partial charge in [0.05, 0.1) is 16.1 Å². The van der Waals surface area contributed by atoms with E-state index >= 15 is 0 Å². The van der Waals surface area contributed by atoms with Crippen molar-refractivity contribution in [1.82, 2.24) is 4.98 Å². The van der Waals surface area contributed by atoms with Crippen LogP contribution in [0.15, 0.2) is 91.0 Å². The number of rotatable bonds is 7. The summed E-state index contributed by atoms with van der Waals surface area (Å²) in [6, 6.07) is 25.4. The number of halogens is 2. The monoisotopic (exact) mass is 759 g/mol. The van der Waals surface area contributed by atoms with Gasteiger partial charge in [0.1, 0.15) is 23.1 Å². The zero-order chi connectivity index (χ0) is 38.1. The number of para-hydroxylation sites is 2. The van der Waals surface area contributed by atoms with Gasteiger partial charge in [-0.25, -0.2) is 13.8 Å². The van der Waals surface area contributed by atoms with Gasteiger partial charge < -0.3 is 25.2 Å². The Kier molecular flexibility index (Phi) is 10.3. The zero-order valence-corrected chi connectivity index (χ0v) is 31.0. The fourth-order valence-electron chi connectivity index (χ4n) is 7.56. The smallest absolute Gasteiger partial charge is 0.265 e. The molecule has 0 radical (unpaired) electrons. The molecule has 9 nitrogen and oxygen atoms in total. The number of hydrogen-bond acceptors (Lipinski definition) is 7. The summed E-state index contributed by atoms with van der Waals surface area (Å²) in [6.07, 6.45) is 5.50. The average Bonchev–Trinajstić information content (AvgIpc) is 3.59. The molecule has 0 aliphatic carbocycles. The molecule has 2 saturated heterocycles. The summed E-state index contributed by atoms with van der Waals surface area (Å²) in [6.45, 7) is 4.68. The van der Waals surface area contributed by atoms with E-state index < -0.39 is 23.2 Å². The van der Waals surface area contributed by atoms with Crippen LogP contribution in [0, 0.1) is 24.5 Å². The van der Waals surface area contributed by atoms with Crippen LogP contribution in [0.2, 0.25) is 0 Å². The molecule has 5 heterocycles. The van der Waals surface area contributed by atoms with Gasteiger partial charge in [-0.3, -0.25) is 14.4 Å². The lowest BCUT2D eigenvalue weighted by Gasteiger charge is -2.50. The van der Waals surface area contributed by atoms with Gasteiger partial charge in [0, 0.05) is 54.2 Å². The number of anilines is 4. The molecule has 3 amide bonds. The maximum absolute atomic E-state index is 14.2. The van der Waals surface area contributed by atoms with E-state index in [-0.39, 0.29) is 11.8 Å². The van der Waals surface area contributed by atoms with E-state index in [4.69, 9.17) is 9.72 Å². The highest BCUT2D eigenvalue weighted by molar-refractivity contribution is 7.15. The third-order valence-corrected chi connectivity index (χ3v) is 11.6. The number of benzene rings is 3. The van der Waals surface area contributed by atoms with Crippen molar-refractivity contribution in [3.63, 3.8) is 0 Å². The number of fused-ring (bicyclic) bond motifs is 2. The predicted octanol–water partition coefficient (Wildman–Crippen LogP) is 8.83. The minimum absolute atomic E-state index is 0.194. The fourth-order valence-corrected chi connectivity index (χ4v) is 8.51. The second kappa shape index (κ2) is 15.6. The number of carbonyl (C=O) groups excluding carboxylic acids is 3. The van der Waals surface area contributed by atoms with E-state index in [9.17, 15) is 23.2 Å². The largest absolute Gasteiger partial charge is 0.381 e. The first-order valence-corrected chi connectivity index (χ1v) is 19.3. The molecule has 55 heavy (non-hydrogen) atoms. The molecule has 3 aromatic carbocycles. The highest BCUT2D eigenvalue weighted by Gasteiger charge is 2.41. The standard InChI is InChI=1S/C43H39F2N5O4S/c1-26-11-16-32(40(46-26)50-25-30-20-23-54-22-5-10-36(30)50)41(51)47-31-14-12-27(13-15-31)43(53)49-21-19-29(24-28-6-2-3-9-35(28)49)37-17-18-38(55-37)42(52)48-39-33(44)7-4-8-34(39)45/h2-4,6-9,11-18,24,30,36H,5,10,19-23,25H2,1H3,(H,47,51)(H,48,52). The molecule has 3 aliphatic rings. The maximum Gasteiger partial charge on any atom is 0.265 e. The molecular weight excluding hydrogens is 721 g/mol. The van der Waals surface area contributed by atoms with Crippen molar-refractivity contribution < 1.29 is 27.9 Å². The highest BCUT2D eigenvalue weighted by atomic mass is 32.1. The molecule has 0 bridgehead atoms. The molecule has 2 atom stereocenters. The second-order valence-corrected chi connectivity index (χ2v) is 15.1. The summed E-state index contributed by atoms with van der Waals surface area (Å²) in [5, 5.41) is 5.36. The Labute approximate surface area is 321 Å². The van der Waals surface area contributed by atoms with E-state index in [2.05, 4.69) is 15.5 Å². The number of carbonyl (C=O) groups is 3. The Hall–Kier alpha value is -5.72. The number of nitrogens with one attached hydrogen (secondary N) is 2. The van der Waals surface area contributed by atoms with Crippen LogP contribution in [-0.2, 0) is 4.74 Å². The van der Waals surface area contributed by atoms with Crippen LogP contribution in [0.25, 0.3) is 11.6 Å². The molecule has 5 aromatic rings. The lowest BCUT2D eigenvalue weighted by Crippen LogP contribution is -2.58. The van der Waals surface area contributed by atoms with Crippen LogP contribution >= 0.6 is 11.3 Å². The van der Waals surface area contributed by atoms with Crippen LogP contribution in [0.3, 0.4) is 0 Å². The molecule has 280 valence electrons. The SMILES string of the molecule is Cc1ccc(C(=O)Nc2ccc(C(=O)N3CCC(c4ccc(C(=O)Nc5c(F)cccc5F)s4)=Cc4ccccc43)cc2)c(N2CC3CCOCCCC32)n1. The van der Waals surface area contributed by atoms with Crippen molar-refractivity contribution in [2.24, 2.45) is 5.92 Å². The number of pyridine rings is 1. The van der Waals surface area contributed by atoms with Crippen LogP contribution in [0.4, 0.5) is 31.7 Å². The van der Waals surface area contributed by atoms with Crippen molar-refractivity contribution >= 4 is 63.6 Å². The summed E-state index contributed by atoms with van der Waals surface area (Å²) in [4.78, 5) is 50.6. The quantitative estimate of drug-likeness (QED) is 0.172. The Morgan fingerprint density at radius 1 is 0.855 bits per heavy atom. The summed E-state index contributed by atoms with van der Waals surface area (Å²) < 4.78 is 34.0. The van der Waals surface area contributed by atoms with Crippen LogP contribution < -0.4 is 20.4 Å². The van der Waals surface area contributed by atoms with E-state index in [1.165, 1.54) is 17.4 Å². The van der Waals surface area contributed by atoms with Crippen molar-refractivity contribution in [3.8, 4) is 0 Å². The van der Waals surface area contributed by atoms with Gasteiger partial charge in [0.2, 0.25) is 0 Å². The summed E-state index contributed by atoms with van der Waals surface area (Å²) >= 11 is 1.21. The van der Waals surface area contributed by atoms with Crippen LogP contribution in [0.5, 0.6) is 0 Å². The zero-order valence-electron chi connectivity index (χ0n) is 30.2. The van der Waals surface area contributed by atoms with Crippen LogP contribution in [-0.4, -0.2) is 55.1 Å². The van der Waals surface area contributed by atoms with Gasteiger partial charge in [-0.15, -0.1) is 11.3 Å². The summed E-state index contributed by atoms with van der Waals surface area (Å²) in [5.41, 5.74) is 4.41. The first-order valence-electron chi connectivity index (χ1n) is 18.4. The second-order valence-electron chi connectivity index (χ2n) is 14.0. The molecule has 8 rings (SSSR count). The molecular formula is C43H39F2N5O4S. The Morgan fingerprint density at radius 3 is 2.47 bits per heavy atom. The van der Waals surface area contributed by atoms with Crippen molar-refractivity contribution in [2.45, 2.75) is 38.6 Å². The number of nitrogens with zero attached hydrogens (tertiary/aromatic N) is 3. The first kappa shape index (κ1) is 36.3. The summed E-state index contributed by atoms with van der Waals surface area (Å²) in [7, 11) is 0. The molecule has 3 aliphatic heterocycles. The van der Waals surface area contributed by atoms with Crippen molar-refractivity contribution in [2.75, 3.05) is 46.7 Å². The third kappa shape index (κ3) is 7.52. The topological polar surface area (TPSA) is 104 Å². The van der Waals surface area contributed by atoms with Crippen molar-refractivity contribution in [3.05, 3.63) is 135 Å². The molecule has 0 saturated carbocycles. The lowest BCUT2D eigenvalue weighted by molar-refractivity contribution is 0.0762. The molecule has 2 aromatic heterocycles. The molecule has 2 unspecified atom stereocenters. The third-order valence-electron chi connectivity index (χ3n) is 10.5. The molecule has 2 N–H and O–H groups in total. The maximum atomic E-state index is 14.2. The van der Waals surface area contributed by atoms with Crippen molar-refractivity contribution in [1.29, 1.82) is 0 Å². The van der Waals surface area contributed by atoms with Gasteiger partial charge >= 0.3 is 0 Å². The van der Waals surface area contributed by atoms with E-state index in [0.717, 1.165) is 78.5 Å². The minimum Gasteiger partial charge on any atom is -0.381 e. The lowest BCUT2D eigenvalue weighted by atomic mass is 9.82. The number of hydrogen-bond donors (Lipinski definition) is 2. The minimum atomic E-state index is -0.854. The normalized spacial score (nSPS) is 18.1. The van der Waals surface area contributed by atoms with Gasteiger partial charge in [-0.1, -0.05) is 24.3 Å². The predicted molar refractivity (Wildman–Crippen MR) is 212 cm³/mol. The van der Waals surface area contributed by atoms with E-state index in [1.54, 1.807) is 41.3 Å². The fraction of sp³-hybridized carbons (Fsp3) is 0.256. The van der Waals surface area contributed by atoms with E-state index in [0.29, 0.717) is 52.4 Å². The molecule has 0 spiro atoms. The number of thiophene rings is 1. The number of aromatic nitrogens is 1. The number of aryl methyl sites for hydroxylation is 1. The Balaban J connectivity index is 0.953. The first-order chi connectivity index (χ1) is 26.7. The van der Waals surface area contributed by atoms with Gasteiger partial charge in [0.15, 0.2) is 0 Å². The number of ether oxygens (including phenoxy) is 1. The summed E-state index contributed by atoms with van der Waals surface area (Å²) in [5.74, 6) is -1.53. The van der Waals surface area contributed by atoms with Crippen LogP contribution in [0.1, 0.15) is 72.2 Å². The van der Waals surface area contributed by atoms with Gasteiger partial charge in [0.25, 0.3) is 17.7 Å². The Bertz CT molecular complexity index is 2290. The van der Waals surface area contributed by atoms with Gasteiger partial charge in [-0.2, -0.15) is 0 Å². The van der Waals surface area contributed by atoms with E-state index in [1.807, 2.05) is 49.4 Å². The Morgan fingerprint density at radius 2 is 1.65 bits per heavy atom. The average molecular weight is 760 g/mol. The molecule has 2 fully saturated rings. The highest BCUT2D eigenvalue weighted by Crippen LogP contribution is 2.39. The molecule has 12 heteroatoms.